The summed E-state index contributed by atoms with van der Waals surface area (Å²) in [6.07, 6.45) is 1.91. The van der Waals surface area contributed by atoms with E-state index in [1.807, 2.05) is 38.2 Å². The first-order chi connectivity index (χ1) is 12.6. The molecular weight excluding hydrogens is 332 g/mol. The quantitative estimate of drug-likeness (QED) is 0.820. The fourth-order valence-corrected chi connectivity index (χ4v) is 3.36. The van der Waals surface area contributed by atoms with Gasteiger partial charge in [-0.15, -0.1) is 0 Å². The number of methoxy groups -OCH3 is 1. The molecule has 26 heavy (non-hydrogen) atoms. The molecule has 1 aliphatic heterocycles. The van der Waals surface area contributed by atoms with Crippen LogP contribution in [0.15, 0.2) is 24.3 Å². The smallest absolute Gasteiger partial charge is 0.222 e. The fraction of sp³-hybridized carbons (Fsp3) is 0.526. The van der Waals surface area contributed by atoms with Crippen molar-refractivity contribution in [2.45, 2.75) is 38.2 Å². The molecule has 1 aliphatic rings. The minimum atomic E-state index is -0.0644. The van der Waals surface area contributed by atoms with Crippen LogP contribution in [0, 0.1) is 6.92 Å². The van der Waals surface area contributed by atoms with Gasteiger partial charge in [0.15, 0.2) is 5.82 Å². The number of nitrogens with zero attached hydrogens (tertiary/aromatic N) is 3. The molecule has 0 saturated carbocycles. The van der Waals surface area contributed by atoms with Gasteiger partial charge in [-0.2, -0.15) is 5.10 Å². The number of nitrogens with one attached hydrogen (secondary N) is 1. The van der Waals surface area contributed by atoms with Gasteiger partial charge in [-0.25, -0.2) is 4.98 Å². The molecule has 2 atom stereocenters. The van der Waals surface area contributed by atoms with Gasteiger partial charge in [0.1, 0.15) is 11.6 Å². The molecule has 140 valence electrons. The Balaban J connectivity index is 1.55. The number of likely N-dealkylation sites (N-methyl/N-ethyl adjacent to an activating group) is 1. The monoisotopic (exact) mass is 358 g/mol. The summed E-state index contributed by atoms with van der Waals surface area (Å²) in [6.45, 7) is 3.10. The van der Waals surface area contributed by atoms with E-state index in [2.05, 4.69) is 15.2 Å². The van der Waals surface area contributed by atoms with E-state index in [4.69, 9.17) is 9.47 Å². The van der Waals surface area contributed by atoms with E-state index in [9.17, 15) is 4.79 Å². The third kappa shape index (κ3) is 4.22. The summed E-state index contributed by atoms with van der Waals surface area (Å²) in [5.74, 6) is 2.62. The zero-order valence-electron chi connectivity index (χ0n) is 15.6. The molecule has 0 spiro atoms. The van der Waals surface area contributed by atoms with Crippen molar-refractivity contribution in [3.63, 3.8) is 0 Å². The lowest BCUT2D eigenvalue weighted by molar-refractivity contribution is -0.131. The second kappa shape index (κ2) is 8.31. The lowest BCUT2D eigenvalue weighted by atomic mass is 10.00. The normalized spacial score (nSPS) is 19.5. The predicted molar refractivity (Wildman–Crippen MR) is 97.2 cm³/mol. The minimum absolute atomic E-state index is 0.0644. The standard InChI is InChI=1S/C19H26N4O3/c1-13-20-19(22-21-13)15-10-11-26-17(15)12-23(2)18(24)9-8-14-6-4-5-7-16(14)25-3/h4-7,15,17H,8-12H2,1-3H3,(H,20,21,22)/t15-,17-/m1/s1. The molecule has 0 radical (unpaired) electrons. The van der Waals surface area contributed by atoms with Crippen molar-refractivity contribution in [2.75, 3.05) is 27.3 Å². The van der Waals surface area contributed by atoms with Crippen LogP contribution in [0.5, 0.6) is 5.75 Å². The van der Waals surface area contributed by atoms with Crippen LogP contribution in [0.4, 0.5) is 0 Å². The fourth-order valence-electron chi connectivity index (χ4n) is 3.36. The van der Waals surface area contributed by atoms with Crippen molar-refractivity contribution < 1.29 is 14.3 Å². The summed E-state index contributed by atoms with van der Waals surface area (Å²) >= 11 is 0. The van der Waals surface area contributed by atoms with Gasteiger partial charge in [-0.1, -0.05) is 18.2 Å². The van der Waals surface area contributed by atoms with E-state index in [-0.39, 0.29) is 17.9 Å². The average molecular weight is 358 g/mol. The van der Waals surface area contributed by atoms with E-state index >= 15 is 0 Å². The second-order valence-corrected chi connectivity index (χ2v) is 6.67. The Morgan fingerprint density at radius 2 is 2.23 bits per heavy atom. The lowest BCUT2D eigenvalue weighted by Crippen LogP contribution is -2.36. The SMILES string of the molecule is COc1ccccc1CCC(=O)N(C)C[C@H]1OCC[C@H]1c1n[nH]c(C)n1. The molecule has 2 heterocycles. The number of hydrogen-bond donors (Lipinski definition) is 1. The van der Waals surface area contributed by atoms with Crippen LogP contribution in [-0.2, 0) is 16.0 Å². The first-order valence-electron chi connectivity index (χ1n) is 8.95. The number of ether oxygens (including phenoxy) is 2. The molecule has 1 aromatic heterocycles. The molecular formula is C19H26N4O3. The van der Waals surface area contributed by atoms with E-state index in [0.717, 1.165) is 29.4 Å². The lowest BCUT2D eigenvalue weighted by Gasteiger charge is -2.24. The topological polar surface area (TPSA) is 80.3 Å². The van der Waals surface area contributed by atoms with Crippen LogP contribution < -0.4 is 4.74 Å². The van der Waals surface area contributed by atoms with Crippen LogP contribution in [0.25, 0.3) is 0 Å². The number of para-hydroxylation sites is 1. The molecule has 3 rings (SSSR count). The number of amides is 1. The first-order valence-corrected chi connectivity index (χ1v) is 8.95. The van der Waals surface area contributed by atoms with Gasteiger partial charge < -0.3 is 14.4 Å². The summed E-state index contributed by atoms with van der Waals surface area (Å²) in [4.78, 5) is 18.7. The van der Waals surface area contributed by atoms with E-state index in [1.165, 1.54) is 0 Å². The van der Waals surface area contributed by atoms with Gasteiger partial charge in [0, 0.05) is 26.6 Å². The minimum Gasteiger partial charge on any atom is -0.496 e. The number of hydrogen-bond acceptors (Lipinski definition) is 5. The van der Waals surface area contributed by atoms with Gasteiger partial charge in [-0.05, 0) is 31.4 Å². The number of rotatable bonds is 7. The van der Waals surface area contributed by atoms with Crippen molar-refractivity contribution >= 4 is 5.91 Å². The highest BCUT2D eigenvalue weighted by Crippen LogP contribution is 2.29. The number of carbonyl (C=O) groups excluding carboxylic acids is 1. The number of carbonyl (C=O) groups is 1. The summed E-state index contributed by atoms with van der Waals surface area (Å²) < 4.78 is 11.2. The molecule has 1 saturated heterocycles. The highest BCUT2D eigenvalue weighted by molar-refractivity contribution is 5.76. The zero-order chi connectivity index (χ0) is 18.5. The molecule has 1 amide bonds. The van der Waals surface area contributed by atoms with Gasteiger partial charge in [-0.3, -0.25) is 9.89 Å². The summed E-state index contributed by atoms with van der Waals surface area (Å²) in [7, 11) is 3.47. The number of benzene rings is 1. The molecule has 0 bridgehead atoms. The van der Waals surface area contributed by atoms with E-state index < -0.39 is 0 Å². The van der Waals surface area contributed by atoms with Crippen LogP contribution >= 0.6 is 0 Å². The number of aromatic amines is 1. The maximum Gasteiger partial charge on any atom is 0.222 e. The van der Waals surface area contributed by atoms with Crippen LogP contribution in [0.1, 0.15) is 36.0 Å². The van der Waals surface area contributed by atoms with Gasteiger partial charge in [0.2, 0.25) is 5.91 Å². The Labute approximate surface area is 153 Å². The summed E-state index contributed by atoms with van der Waals surface area (Å²) in [5, 5.41) is 7.14. The summed E-state index contributed by atoms with van der Waals surface area (Å²) in [5.41, 5.74) is 1.04. The first kappa shape index (κ1) is 18.4. The molecule has 1 fully saturated rings. The van der Waals surface area contributed by atoms with Crippen LogP contribution in [0.2, 0.25) is 0 Å². The third-order valence-electron chi connectivity index (χ3n) is 4.84. The Hall–Kier alpha value is -2.41. The maximum atomic E-state index is 12.5. The predicted octanol–water partition coefficient (Wildman–Crippen LogP) is 2.09. The van der Waals surface area contributed by atoms with E-state index in [0.29, 0.717) is 26.0 Å². The number of aryl methyl sites for hydroxylation is 2. The van der Waals surface area contributed by atoms with E-state index in [1.54, 1.807) is 12.0 Å². The second-order valence-electron chi connectivity index (χ2n) is 6.67. The van der Waals surface area contributed by atoms with Crippen molar-refractivity contribution in [3.05, 3.63) is 41.5 Å². The maximum absolute atomic E-state index is 12.5. The van der Waals surface area contributed by atoms with Gasteiger partial charge in [0.25, 0.3) is 0 Å². The van der Waals surface area contributed by atoms with Crippen molar-refractivity contribution in [1.82, 2.24) is 20.1 Å². The molecule has 2 aromatic rings. The van der Waals surface area contributed by atoms with Crippen molar-refractivity contribution in [1.29, 1.82) is 0 Å². The van der Waals surface area contributed by atoms with Crippen molar-refractivity contribution in [3.8, 4) is 5.75 Å². The Morgan fingerprint density at radius 1 is 1.42 bits per heavy atom. The highest BCUT2D eigenvalue weighted by Gasteiger charge is 2.34. The molecule has 7 nitrogen and oxygen atoms in total. The Morgan fingerprint density at radius 3 is 2.96 bits per heavy atom. The Kier molecular flexibility index (Phi) is 5.88. The Bertz CT molecular complexity index is 746. The molecule has 0 unspecified atom stereocenters. The third-order valence-corrected chi connectivity index (χ3v) is 4.84. The summed E-state index contributed by atoms with van der Waals surface area (Å²) in [6, 6.07) is 7.80. The number of aromatic nitrogens is 3. The molecule has 0 aliphatic carbocycles. The molecule has 7 heteroatoms. The average Bonchev–Trinajstić information content (AvgIpc) is 3.28. The highest BCUT2D eigenvalue weighted by atomic mass is 16.5. The number of H-pyrrole nitrogens is 1. The van der Waals surface area contributed by atoms with Crippen LogP contribution in [0.3, 0.4) is 0 Å². The zero-order valence-corrected chi connectivity index (χ0v) is 15.6. The van der Waals surface area contributed by atoms with Crippen molar-refractivity contribution in [2.24, 2.45) is 0 Å². The largest absolute Gasteiger partial charge is 0.496 e. The molecule has 1 N–H and O–H groups in total. The molecule has 1 aromatic carbocycles. The van der Waals surface area contributed by atoms with Gasteiger partial charge >= 0.3 is 0 Å². The van der Waals surface area contributed by atoms with Gasteiger partial charge in [0.05, 0.1) is 19.1 Å². The van der Waals surface area contributed by atoms with Crippen LogP contribution in [-0.4, -0.2) is 59.4 Å².